The molecule has 1 saturated carbocycles. The van der Waals surface area contributed by atoms with Crippen LogP contribution in [0.15, 0.2) is 22.8 Å². The lowest BCUT2D eigenvalue weighted by Crippen LogP contribution is -2.46. The lowest BCUT2D eigenvalue weighted by molar-refractivity contribution is -0.137. The highest BCUT2D eigenvalue weighted by Gasteiger charge is 2.33. The van der Waals surface area contributed by atoms with E-state index in [1.807, 2.05) is 13.0 Å². The zero-order valence-electron chi connectivity index (χ0n) is 11.5. The minimum atomic E-state index is -0.902. The summed E-state index contributed by atoms with van der Waals surface area (Å²) in [5, 5.41) is 11.6. The summed E-state index contributed by atoms with van der Waals surface area (Å²) in [5.74, 6) is -0.167. The second kappa shape index (κ2) is 6.45. The van der Waals surface area contributed by atoms with Crippen molar-refractivity contribution in [1.82, 2.24) is 10.2 Å². The van der Waals surface area contributed by atoms with Crippen LogP contribution in [0.4, 0.5) is 4.79 Å². The molecule has 1 aliphatic rings. The normalized spacial score (nSPS) is 15.7. The van der Waals surface area contributed by atoms with E-state index in [9.17, 15) is 9.59 Å². The second-order valence-corrected chi connectivity index (χ2v) is 5.09. The van der Waals surface area contributed by atoms with E-state index < -0.39 is 5.97 Å². The number of furan rings is 1. The van der Waals surface area contributed by atoms with Crippen molar-refractivity contribution in [3.63, 3.8) is 0 Å². The SMILES string of the molecule is CCC(CC(=O)O)NC(=O)N(Cc1ccco1)C1CC1. The molecule has 1 heterocycles. The molecule has 1 unspecified atom stereocenters. The lowest BCUT2D eigenvalue weighted by atomic mass is 10.1. The summed E-state index contributed by atoms with van der Waals surface area (Å²) in [7, 11) is 0. The van der Waals surface area contributed by atoms with E-state index in [0.717, 1.165) is 18.6 Å². The first kappa shape index (κ1) is 14.4. The molecule has 2 N–H and O–H groups in total. The predicted octanol–water partition coefficient (Wildman–Crippen LogP) is 2.21. The molecular formula is C14H20N2O4. The largest absolute Gasteiger partial charge is 0.481 e. The Morgan fingerprint density at radius 3 is 2.80 bits per heavy atom. The van der Waals surface area contributed by atoms with Gasteiger partial charge < -0.3 is 19.7 Å². The monoisotopic (exact) mass is 280 g/mol. The van der Waals surface area contributed by atoms with Crippen molar-refractivity contribution < 1.29 is 19.1 Å². The van der Waals surface area contributed by atoms with Crippen LogP contribution in [0, 0.1) is 0 Å². The third-order valence-electron chi connectivity index (χ3n) is 3.40. The Morgan fingerprint density at radius 2 is 2.30 bits per heavy atom. The molecule has 0 spiro atoms. The van der Waals surface area contributed by atoms with Crippen LogP contribution in [0.5, 0.6) is 0 Å². The molecule has 0 radical (unpaired) electrons. The van der Waals surface area contributed by atoms with E-state index >= 15 is 0 Å². The third kappa shape index (κ3) is 4.01. The molecule has 1 aliphatic carbocycles. The molecule has 0 saturated heterocycles. The molecule has 1 fully saturated rings. The van der Waals surface area contributed by atoms with Crippen molar-refractivity contribution in [3.8, 4) is 0 Å². The molecule has 0 aromatic carbocycles. The van der Waals surface area contributed by atoms with Gasteiger partial charge in [-0.25, -0.2) is 4.79 Å². The fraction of sp³-hybridized carbons (Fsp3) is 0.571. The number of nitrogens with one attached hydrogen (secondary N) is 1. The van der Waals surface area contributed by atoms with Crippen molar-refractivity contribution in [2.24, 2.45) is 0 Å². The van der Waals surface area contributed by atoms with Gasteiger partial charge in [0, 0.05) is 12.1 Å². The average molecular weight is 280 g/mol. The van der Waals surface area contributed by atoms with Crippen LogP contribution in [-0.2, 0) is 11.3 Å². The molecule has 6 heteroatoms. The Hall–Kier alpha value is -1.98. The van der Waals surface area contributed by atoms with Crippen molar-refractivity contribution in [2.45, 2.75) is 51.2 Å². The molecule has 6 nitrogen and oxygen atoms in total. The van der Waals surface area contributed by atoms with Gasteiger partial charge in [0.15, 0.2) is 0 Å². The van der Waals surface area contributed by atoms with Crippen LogP contribution >= 0.6 is 0 Å². The number of carbonyl (C=O) groups is 2. The van der Waals surface area contributed by atoms with Gasteiger partial charge in [0.05, 0.1) is 19.2 Å². The fourth-order valence-corrected chi connectivity index (χ4v) is 2.09. The van der Waals surface area contributed by atoms with E-state index in [1.54, 1.807) is 17.2 Å². The quantitative estimate of drug-likeness (QED) is 0.802. The van der Waals surface area contributed by atoms with E-state index in [2.05, 4.69) is 5.32 Å². The minimum Gasteiger partial charge on any atom is -0.481 e. The van der Waals surface area contributed by atoms with Crippen LogP contribution in [-0.4, -0.2) is 34.1 Å². The van der Waals surface area contributed by atoms with Gasteiger partial charge in [0.25, 0.3) is 0 Å². The molecule has 1 atom stereocenters. The van der Waals surface area contributed by atoms with Gasteiger partial charge in [-0.3, -0.25) is 4.79 Å². The van der Waals surface area contributed by atoms with Gasteiger partial charge in [-0.1, -0.05) is 6.92 Å². The van der Waals surface area contributed by atoms with Crippen molar-refractivity contribution in [2.75, 3.05) is 0 Å². The molecule has 1 aromatic heterocycles. The molecule has 0 aliphatic heterocycles. The second-order valence-electron chi connectivity index (χ2n) is 5.09. The fourth-order valence-electron chi connectivity index (χ4n) is 2.09. The molecule has 0 bridgehead atoms. The number of carboxylic acids is 1. The van der Waals surface area contributed by atoms with Gasteiger partial charge in [0.1, 0.15) is 5.76 Å². The van der Waals surface area contributed by atoms with Crippen LogP contribution in [0.3, 0.4) is 0 Å². The Balaban J connectivity index is 1.94. The zero-order valence-corrected chi connectivity index (χ0v) is 11.5. The lowest BCUT2D eigenvalue weighted by Gasteiger charge is -2.24. The van der Waals surface area contributed by atoms with E-state index in [-0.39, 0.29) is 24.5 Å². The zero-order chi connectivity index (χ0) is 14.5. The topological polar surface area (TPSA) is 82.8 Å². The highest BCUT2D eigenvalue weighted by atomic mass is 16.4. The van der Waals surface area contributed by atoms with Gasteiger partial charge in [0.2, 0.25) is 0 Å². The van der Waals surface area contributed by atoms with E-state index in [1.165, 1.54) is 0 Å². The minimum absolute atomic E-state index is 0.0541. The number of hydrogen-bond acceptors (Lipinski definition) is 3. The van der Waals surface area contributed by atoms with E-state index in [4.69, 9.17) is 9.52 Å². The maximum Gasteiger partial charge on any atom is 0.318 e. The molecule has 2 rings (SSSR count). The summed E-state index contributed by atoms with van der Waals surface area (Å²) in [6.45, 7) is 2.29. The van der Waals surface area contributed by atoms with Crippen LogP contribution in [0.1, 0.15) is 38.4 Å². The molecule has 20 heavy (non-hydrogen) atoms. The first-order valence-corrected chi connectivity index (χ1v) is 6.91. The first-order valence-electron chi connectivity index (χ1n) is 6.91. The highest BCUT2D eigenvalue weighted by Crippen LogP contribution is 2.28. The number of aliphatic carboxylic acids is 1. The maximum atomic E-state index is 12.3. The number of amides is 2. The van der Waals surface area contributed by atoms with Gasteiger partial charge in [-0.2, -0.15) is 0 Å². The van der Waals surface area contributed by atoms with Crippen molar-refractivity contribution in [1.29, 1.82) is 0 Å². The molecule has 2 amide bonds. The van der Waals surface area contributed by atoms with Crippen molar-refractivity contribution in [3.05, 3.63) is 24.2 Å². The Kier molecular flexibility index (Phi) is 4.65. The van der Waals surface area contributed by atoms with Crippen molar-refractivity contribution >= 4 is 12.0 Å². The predicted molar refractivity (Wildman–Crippen MR) is 72.1 cm³/mol. The summed E-state index contributed by atoms with van der Waals surface area (Å²) in [5.41, 5.74) is 0. The number of urea groups is 1. The van der Waals surface area contributed by atoms with Crippen LogP contribution in [0.2, 0.25) is 0 Å². The Labute approximate surface area is 117 Å². The summed E-state index contributed by atoms with van der Waals surface area (Å²) in [4.78, 5) is 24.8. The summed E-state index contributed by atoms with van der Waals surface area (Å²) < 4.78 is 5.27. The van der Waals surface area contributed by atoms with Crippen LogP contribution < -0.4 is 5.32 Å². The van der Waals surface area contributed by atoms with Gasteiger partial charge in [-0.15, -0.1) is 0 Å². The highest BCUT2D eigenvalue weighted by molar-refractivity contribution is 5.76. The number of hydrogen-bond donors (Lipinski definition) is 2. The number of carbonyl (C=O) groups excluding carboxylic acids is 1. The molecule has 110 valence electrons. The molecular weight excluding hydrogens is 260 g/mol. The Morgan fingerprint density at radius 1 is 1.55 bits per heavy atom. The standard InChI is InChI=1S/C14H20N2O4/c1-2-10(8-13(17)18)15-14(19)16(11-5-6-11)9-12-4-3-7-20-12/h3-4,7,10-11H,2,5-6,8-9H2,1H3,(H,15,19)(H,17,18). The van der Waals surface area contributed by atoms with Crippen LogP contribution in [0.25, 0.3) is 0 Å². The number of carboxylic acid groups (broad SMARTS) is 1. The van der Waals surface area contributed by atoms with Gasteiger partial charge in [-0.05, 0) is 31.4 Å². The van der Waals surface area contributed by atoms with Gasteiger partial charge >= 0.3 is 12.0 Å². The third-order valence-corrected chi connectivity index (χ3v) is 3.40. The molecule has 1 aromatic rings. The van der Waals surface area contributed by atoms with E-state index in [0.29, 0.717) is 13.0 Å². The first-order chi connectivity index (χ1) is 9.60. The number of rotatable bonds is 7. The average Bonchev–Trinajstić information content (AvgIpc) is 3.11. The maximum absolute atomic E-state index is 12.3. The number of nitrogens with zero attached hydrogens (tertiary/aromatic N) is 1. The summed E-state index contributed by atoms with van der Waals surface area (Å²) >= 11 is 0. The summed E-state index contributed by atoms with van der Waals surface area (Å²) in [6, 6.07) is 3.31. The summed E-state index contributed by atoms with van der Waals surface area (Å²) in [6.07, 6.45) is 4.10. The smallest absolute Gasteiger partial charge is 0.318 e. The Bertz CT molecular complexity index is 454.